The lowest BCUT2D eigenvalue weighted by Crippen LogP contribution is -2.29. The van der Waals surface area contributed by atoms with Crippen LogP contribution in [0.1, 0.15) is 24.5 Å². The van der Waals surface area contributed by atoms with Crippen molar-refractivity contribution in [3.05, 3.63) is 58.3 Å². The third kappa shape index (κ3) is 4.11. The topological polar surface area (TPSA) is 95.8 Å². The van der Waals surface area contributed by atoms with Crippen molar-refractivity contribution in [3.8, 4) is 11.3 Å². The number of aromatic nitrogens is 4. The largest absolute Gasteiger partial charge is 0.384 e. The molecule has 1 aliphatic heterocycles. The summed E-state index contributed by atoms with van der Waals surface area (Å²) in [5, 5.41) is 5.15. The zero-order valence-corrected chi connectivity index (χ0v) is 19.1. The SMILES string of the molecule is CN1CCC(c2cc3c(-c4nc(Nc5nc(N)ccc5Cl)ccc4Cl)ccnc3[nH]2)CC1. The van der Waals surface area contributed by atoms with Gasteiger partial charge in [0.2, 0.25) is 0 Å². The van der Waals surface area contributed by atoms with Crippen LogP contribution >= 0.6 is 23.2 Å². The Labute approximate surface area is 196 Å². The molecular weight excluding hydrogens is 445 g/mol. The molecule has 0 atom stereocenters. The van der Waals surface area contributed by atoms with E-state index in [4.69, 9.17) is 33.9 Å². The number of halogens is 2. The van der Waals surface area contributed by atoms with Crippen LogP contribution in [0.15, 0.2) is 42.6 Å². The summed E-state index contributed by atoms with van der Waals surface area (Å²) in [6, 6.07) is 11.1. The number of fused-ring (bicyclic) bond motifs is 1. The van der Waals surface area contributed by atoms with Crippen molar-refractivity contribution in [2.45, 2.75) is 18.8 Å². The molecule has 9 heteroatoms. The highest BCUT2D eigenvalue weighted by atomic mass is 35.5. The van der Waals surface area contributed by atoms with Gasteiger partial charge in [0, 0.05) is 28.8 Å². The van der Waals surface area contributed by atoms with Gasteiger partial charge in [-0.05, 0) is 69.4 Å². The van der Waals surface area contributed by atoms with E-state index < -0.39 is 0 Å². The molecule has 4 aromatic rings. The summed E-state index contributed by atoms with van der Waals surface area (Å²) in [6.07, 6.45) is 4.04. The molecule has 0 spiro atoms. The lowest BCUT2D eigenvalue weighted by molar-refractivity contribution is 0.254. The number of hydrogen-bond donors (Lipinski definition) is 3. The number of likely N-dealkylation sites (tertiary alicyclic amines) is 1. The molecule has 1 aliphatic rings. The number of rotatable bonds is 4. The molecule has 5 rings (SSSR count). The first-order valence-electron chi connectivity index (χ1n) is 10.5. The third-order valence-corrected chi connectivity index (χ3v) is 6.54. The van der Waals surface area contributed by atoms with Crippen LogP contribution in [-0.4, -0.2) is 45.0 Å². The lowest BCUT2D eigenvalue weighted by Gasteiger charge is -2.28. The molecule has 5 heterocycles. The summed E-state index contributed by atoms with van der Waals surface area (Å²) >= 11 is 12.8. The van der Waals surface area contributed by atoms with Crippen LogP contribution in [0.4, 0.5) is 17.5 Å². The highest BCUT2D eigenvalue weighted by Crippen LogP contribution is 2.36. The number of nitrogen functional groups attached to an aromatic ring is 1. The first-order valence-corrected chi connectivity index (χ1v) is 11.3. The average Bonchev–Trinajstić information content (AvgIpc) is 3.22. The van der Waals surface area contributed by atoms with Gasteiger partial charge in [-0.3, -0.25) is 0 Å². The van der Waals surface area contributed by atoms with Crippen LogP contribution in [0.3, 0.4) is 0 Å². The highest BCUT2D eigenvalue weighted by molar-refractivity contribution is 6.33. The number of nitrogens with two attached hydrogens (primary N) is 1. The highest BCUT2D eigenvalue weighted by Gasteiger charge is 2.21. The molecule has 1 saturated heterocycles. The Morgan fingerprint density at radius 2 is 1.84 bits per heavy atom. The van der Waals surface area contributed by atoms with Gasteiger partial charge in [-0.1, -0.05) is 23.2 Å². The molecule has 0 bridgehead atoms. The second kappa shape index (κ2) is 8.58. The molecule has 1 fully saturated rings. The minimum Gasteiger partial charge on any atom is -0.384 e. The Morgan fingerprint density at radius 1 is 1.06 bits per heavy atom. The van der Waals surface area contributed by atoms with Crippen LogP contribution in [0.25, 0.3) is 22.3 Å². The molecule has 0 radical (unpaired) electrons. The molecule has 0 aromatic carbocycles. The zero-order chi connectivity index (χ0) is 22.2. The van der Waals surface area contributed by atoms with E-state index in [1.807, 2.05) is 12.1 Å². The quantitative estimate of drug-likeness (QED) is 0.368. The molecule has 32 heavy (non-hydrogen) atoms. The summed E-state index contributed by atoms with van der Waals surface area (Å²) < 4.78 is 0. The van der Waals surface area contributed by atoms with Crippen molar-refractivity contribution in [1.82, 2.24) is 24.8 Å². The maximum absolute atomic E-state index is 6.57. The predicted octanol–water partition coefficient (Wildman–Crippen LogP) is 5.46. The number of nitrogens with zero attached hydrogens (tertiary/aromatic N) is 4. The van der Waals surface area contributed by atoms with E-state index in [2.05, 4.69) is 38.3 Å². The number of pyridine rings is 3. The first kappa shape index (κ1) is 21.0. The van der Waals surface area contributed by atoms with Gasteiger partial charge in [-0.25, -0.2) is 15.0 Å². The molecule has 0 aliphatic carbocycles. The van der Waals surface area contributed by atoms with Crippen molar-refractivity contribution in [3.63, 3.8) is 0 Å². The standard InChI is InChI=1S/C23H23Cl2N7/c1-32-10-7-13(8-11-32)18-12-15-14(6-9-27-22(15)28-18)21-16(24)3-5-20(30-21)31-23-17(25)2-4-19(26)29-23/h2-6,9,12-13H,7-8,10-11H2,1H3,(H,27,28)(H3,26,29,30,31). The molecule has 0 amide bonds. The van der Waals surface area contributed by atoms with Gasteiger partial charge >= 0.3 is 0 Å². The van der Waals surface area contributed by atoms with Crippen molar-refractivity contribution in [2.24, 2.45) is 0 Å². The number of H-pyrrole nitrogens is 1. The van der Waals surface area contributed by atoms with Crippen LogP contribution in [-0.2, 0) is 0 Å². The molecule has 4 aromatic heterocycles. The van der Waals surface area contributed by atoms with E-state index in [9.17, 15) is 0 Å². The molecule has 164 valence electrons. The van der Waals surface area contributed by atoms with Gasteiger partial charge in [-0.15, -0.1) is 0 Å². The number of piperidine rings is 1. The normalized spacial score (nSPS) is 15.3. The third-order valence-electron chi connectivity index (χ3n) is 5.93. The van der Waals surface area contributed by atoms with Gasteiger partial charge in [0.25, 0.3) is 0 Å². The van der Waals surface area contributed by atoms with E-state index in [1.54, 1.807) is 24.4 Å². The Balaban J connectivity index is 1.52. The second-order valence-corrected chi connectivity index (χ2v) is 8.96. The molecule has 0 saturated carbocycles. The summed E-state index contributed by atoms with van der Waals surface area (Å²) in [5.74, 6) is 1.89. The Bertz CT molecular complexity index is 1280. The van der Waals surface area contributed by atoms with Crippen LogP contribution in [0.5, 0.6) is 0 Å². The van der Waals surface area contributed by atoms with Crippen LogP contribution in [0.2, 0.25) is 10.0 Å². The fourth-order valence-corrected chi connectivity index (χ4v) is 4.52. The van der Waals surface area contributed by atoms with Crippen molar-refractivity contribution >= 4 is 51.7 Å². The predicted molar refractivity (Wildman–Crippen MR) is 131 cm³/mol. The van der Waals surface area contributed by atoms with E-state index in [-0.39, 0.29) is 0 Å². The maximum Gasteiger partial charge on any atom is 0.152 e. The Morgan fingerprint density at radius 3 is 2.66 bits per heavy atom. The molecular formula is C23H23Cl2N7. The Kier molecular flexibility index (Phi) is 5.63. The molecule has 4 N–H and O–H groups in total. The van der Waals surface area contributed by atoms with Crippen LogP contribution < -0.4 is 11.1 Å². The minimum absolute atomic E-state index is 0.371. The van der Waals surface area contributed by atoms with Gasteiger partial charge in [-0.2, -0.15) is 0 Å². The van der Waals surface area contributed by atoms with Crippen molar-refractivity contribution in [1.29, 1.82) is 0 Å². The fourth-order valence-electron chi connectivity index (χ4n) is 4.16. The zero-order valence-electron chi connectivity index (χ0n) is 17.6. The average molecular weight is 468 g/mol. The monoisotopic (exact) mass is 467 g/mol. The van der Waals surface area contributed by atoms with E-state index in [1.165, 1.54) is 5.69 Å². The summed E-state index contributed by atoms with van der Waals surface area (Å²) in [6.45, 7) is 2.20. The minimum atomic E-state index is 0.371. The van der Waals surface area contributed by atoms with Gasteiger partial charge in [0.15, 0.2) is 5.82 Å². The lowest BCUT2D eigenvalue weighted by atomic mass is 9.93. The summed E-state index contributed by atoms with van der Waals surface area (Å²) in [5.41, 5.74) is 9.44. The first-order chi connectivity index (χ1) is 15.5. The van der Waals surface area contributed by atoms with E-state index in [0.717, 1.165) is 42.5 Å². The molecule has 0 unspecified atom stereocenters. The van der Waals surface area contributed by atoms with Crippen LogP contribution in [0, 0.1) is 0 Å². The van der Waals surface area contributed by atoms with E-state index in [0.29, 0.717) is 39.1 Å². The van der Waals surface area contributed by atoms with Crippen molar-refractivity contribution in [2.75, 3.05) is 31.2 Å². The smallest absolute Gasteiger partial charge is 0.152 e. The summed E-state index contributed by atoms with van der Waals surface area (Å²) in [7, 11) is 2.17. The number of anilines is 3. The number of hydrogen-bond acceptors (Lipinski definition) is 6. The van der Waals surface area contributed by atoms with Gasteiger partial charge in [0.05, 0.1) is 15.7 Å². The summed E-state index contributed by atoms with van der Waals surface area (Å²) in [4.78, 5) is 19.4. The number of aromatic amines is 1. The van der Waals surface area contributed by atoms with Gasteiger partial charge < -0.3 is 20.9 Å². The second-order valence-electron chi connectivity index (χ2n) is 8.14. The van der Waals surface area contributed by atoms with E-state index >= 15 is 0 Å². The Hall–Kier alpha value is -2.87. The fraction of sp³-hybridized carbons (Fsp3) is 0.261. The number of nitrogens with one attached hydrogen (secondary N) is 2. The van der Waals surface area contributed by atoms with Gasteiger partial charge in [0.1, 0.15) is 17.3 Å². The van der Waals surface area contributed by atoms with Crippen molar-refractivity contribution < 1.29 is 0 Å². The maximum atomic E-state index is 6.57. The molecule has 7 nitrogen and oxygen atoms in total.